The first-order chi connectivity index (χ1) is 8.58. The smallest absolute Gasteiger partial charge is 0.407 e. The van der Waals surface area contributed by atoms with Gasteiger partial charge in [-0.15, -0.1) is 0 Å². The molecule has 1 heterocycles. The van der Waals surface area contributed by atoms with E-state index < -0.39 is 12.1 Å². The number of alkyl carbamates (subject to hydrolysis) is 1. The predicted octanol–water partition coefficient (Wildman–Crippen LogP) is 0.461. The van der Waals surface area contributed by atoms with Gasteiger partial charge in [0.1, 0.15) is 0 Å². The Morgan fingerprint density at radius 2 is 2.22 bits per heavy atom. The normalized spacial score (nSPS) is 21.3. The Morgan fingerprint density at radius 3 is 2.83 bits per heavy atom. The van der Waals surface area contributed by atoms with Crippen LogP contribution in [0.1, 0.15) is 33.1 Å². The molecule has 1 rings (SSSR count). The first-order valence-corrected chi connectivity index (χ1v) is 6.56. The number of likely N-dealkylation sites (tertiary alicyclic amines) is 1. The molecule has 1 saturated heterocycles. The van der Waals surface area contributed by atoms with Crippen molar-refractivity contribution in [3.05, 3.63) is 0 Å². The number of hydrogen-bond acceptors (Lipinski definition) is 4. The zero-order valence-corrected chi connectivity index (χ0v) is 11.1. The van der Waals surface area contributed by atoms with Crippen molar-refractivity contribution in [1.82, 2.24) is 10.2 Å². The number of nitrogens with two attached hydrogens (primary N) is 1. The van der Waals surface area contributed by atoms with Crippen molar-refractivity contribution in [2.24, 2.45) is 5.73 Å². The molecule has 2 atom stereocenters. The number of hydrogen-bond donors (Lipinski definition) is 2. The van der Waals surface area contributed by atoms with E-state index in [9.17, 15) is 9.59 Å². The van der Waals surface area contributed by atoms with Gasteiger partial charge in [-0.1, -0.05) is 6.92 Å². The second-order valence-electron chi connectivity index (χ2n) is 4.50. The standard InChI is InChI=1S/C12H23N3O3/c1-3-10(13)11(16)15-7-5-6-9(8-15)14-12(17)18-4-2/h9-10H,3-8,13H2,1-2H3,(H,14,17). The van der Waals surface area contributed by atoms with Crippen molar-refractivity contribution in [2.75, 3.05) is 19.7 Å². The Balaban J connectivity index is 2.45. The maximum absolute atomic E-state index is 11.9. The highest BCUT2D eigenvalue weighted by atomic mass is 16.5. The molecule has 1 fully saturated rings. The minimum atomic E-state index is -0.439. The summed E-state index contributed by atoms with van der Waals surface area (Å²) in [6.45, 7) is 5.23. The summed E-state index contributed by atoms with van der Waals surface area (Å²) in [6, 6.07) is -0.475. The topological polar surface area (TPSA) is 84.7 Å². The van der Waals surface area contributed by atoms with Crippen molar-refractivity contribution in [3.8, 4) is 0 Å². The minimum Gasteiger partial charge on any atom is -0.450 e. The van der Waals surface area contributed by atoms with Crippen LogP contribution in [0.5, 0.6) is 0 Å². The van der Waals surface area contributed by atoms with Crippen molar-refractivity contribution in [2.45, 2.75) is 45.2 Å². The van der Waals surface area contributed by atoms with Crippen LogP contribution in [0.2, 0.25) is 0 Å². The molecular weight excluding hydrogens is 234 g/mol. The third kappa shape index (κ3) is 4.18. The summed E-state index contributed by atoms with van der Waals surface area (Å²) in [7, 11) is 0. The Bertz CT molecular complexity index is 296. The molecule has 0 radical (unpaired) electrons. The molecule has 0 aromatic rings. The van der Waals surface area contributed by atoms with Crippen LogP contribution >= 0.6 is 0 Å². The minimum absolute atomic E-state index is 0.0344. The van der Waals surface area contributed by atoms with Gasteiger partial charge in [0, 0.05) is 19.1 Å². The van der Waals surface area contributed by atoms with E-state index in [1.807, 2.05) is 6.92 Å². The number of nitrogens with one attached hydrogen (secondary N) is 1. The van der Waals surface area contributed by atoms with Gasteiger partial charge in [0.05, 0.1) is 12.6 Å². The molecule has 2 unspecified atom stereocenters. The Morgan fingerprint density at radius 1 is 1.50 bits per heavy atom. The van der Waals surface area contributed by atoms with Crippen LogP contribution in [0.15, 0.2) is 0 Å². The van der Waals surface area contributed by atoms with Gasteiger partial charge < -0.3 is 20.7 Å². The highest BCUT2D eigenvalue weighted by molar-refractivity contribution is 5.81. The van der Waals surface area contributed by atoms with Gasteiger partial charge in [-0.3, -0.25) is 4.79 Å². The number of rotatable bonds is 4. The average molecular weight is 257 g/mol. The molecule has 0 aromatic carbocycles. The fourth-order valence-electron chi connectivity index (χ4n) is 2.04. The second-order valence-corrected chi connectivity index (χ2v) is 4.50. The zero-order chi connectivity index (χ0) is 13.5. The Kier molecular flexibility index (Phi) is 5.91. The number of piperidine rings is 1. The molecule has 1 aliphatic heterocycles. The van der Waals surface area contributed by atoms with E-state index in [0.29, 0.717) is 26.1 Å². The van der Waals surface area contributed by atoms with Gasteiger partial charge in [0.25, 0.3) is 0 Å². The van der Waals surface area contributed by atoms with E-state index in [2.05, 4.69) is 5.32 Å². The van der Waals surface area contributed by atoms with E-state index >= 15 is 0 Å². The van der Waals surface area contributed by atoms with E-state index in [1.54, 1.807) is 11.8 Å². The summed E-state index contributed by atoms with van der Waals surface area (Å²) in [5, 5.41) is 2.77. The first-order valence-electron chi connectivity index (χ1n) is 6.56. The highest BCUT2D eigenvalue weighted by Gasteiger charge is 2.27. The molecule has 104 valence electrons. The summed E-state index contributed by atoms with van der Waals surface area (Å²) in [5.74, 6) is -0.0344. The molecule has 1 aliphatic rings. The molecule has 0 bridgehead atoms. The first kappa shape index (κ1) is 14.8. The van der Waals surface area contributed by atoms with Gasteiger partial charge >= 0.3 is 6.09 Å². The van der Waals surface area contributed by atoms with E-state index in [4.69, 9.17) is 10.5 Å². The summed E-state index contributed by atoms with van der Waals surface area (Å²) < 4.78 is 4.83. The largest absolute Gasteiger partial charge is 0.450 e. The number of carbonyl (C=O) groups excluding carboxylic acids is 2. The van der Waals surface area contributed by atoms with Gasteiger partial charge in [-0.2, -0.15) is 0 Å². The third-order valence-electron chi connectivity index (χ3n) is 3.09. The van der Waals surface area contributed by atoms with Gasteiger partial charge in [-0.05, 0) is 26.2 Å². The van der Waals surface area contributed by atoms with E-state index in [-0.39, 0.29) is 11.9 Å². The van der Waals surface area contributed by atoms with Crippen LogP contribution in [0.3, 0.4) is 0 Å². The average Bonchev–Trinajstić information content (AvgIpc) is 2.37. The maximum Gasteiger partial charge on any atom is 0.407 e. The fourth-order valence-corrected chi connectivity index (χ4v) is 2.04. The third-order valence-corrected chi connectivity index (χ3v) is 3.09. The highest BCUT2D eigenvalue weighted by Crippen LogP contribution is 2.11. The summed E-state index contributed by atoms with van der Waals surface area (Å²) >= 11 is 0. The Labute approximate surface area is 108 Å². The number of ether oxygens (including phenoxy) is 1. The lowest BCUT2D eigenvalue weighted by atomic mass is 10.0. The van der Waals surface area contributed by atoms with Crippen LogP contribution in [0.4, 0.5) is 4.79 Å². The molecular formula is C12H23N3O3. The molecule has 3 N–H and O–H groups in total. The lowest BCUT2D eigenvalue weighted by Gasteiger charge is -2.34. The lowest BCUT2D eigenvalue weighted by Crippen LogP contribution is -2.53. The molecule has 2 amide bonds. The zero-order valence-electron chi connectivity index (χ0n) is 11.1. The monoisotopic (exact) mass is 257 g/mol. The molecule has 0 saturated carbocycles. The van der Waals surface area contributed by atoms with Gasteiger partial charge in [0.15, 0.2) is 0 Å². The Hall–Kier alpha value is -1.30. The maximum atomic E-state index is 11.9. The van der Waals surface area contributed by atoms with Crippen LogP contribution < -0.4 is 11.1 Å². The van der Waals surface area contributed by atoms with Crippen LogP contribution in [0, 0.1) is 0 Å². The lowest BCUT2D eigenvalue weighted by molar-refractivity contribution is -0.134. The molecule has 18 heavy (non-hydrogen) atoms. The van der Waals surface area contributed by atoms with Crippen LogP contribution in [0.25, 0.3) is 0 Å². The number of amides is 2. The van der Waals surface area contributed by atoms with E-state index in [1.165, 1.54) is 0 Å². The predicted molar refractivity (Wildman–Crippen MR) is 68.0 cm³/mol. The number of nitrogens with zero attached hydrogens (tertiary/aromatic N) is 1. The molecule has 0 aliphatic carbocycles. The van der Waals surface area contributed by atoms with Crippen molar-refractivity contribution >= 4 is 12.0 Å². The van der Waals surface area contributed by atoms with Gasteiger partial charge in [0.2, 0.25) is 5.91 Å². The summed E-state index contributed by atoms with van der Waals surface area (Å²) in [6.07, 6.45) is 1.95. The molecule has 6 nitrogen and oxygen atoms in total. The second kappa shape index (κ2) is 7.20. The van der Waals surface area contributed by atoms with Crippen molar-refractivity contribution < 1.29 is 14.3 Å². The number of carbonyl (C=O) groups is 2. The molecule has 6 heteroatoms. The quantitative estimate of drug-likeness (QED) is 0.766. The summed E-state index contributed by atoms with van der Waals surface area (Å²) in [4.78, 5) is 25.0. The molecule has 0 aromatic heterocycles. The van der Waals surface area contributed by atoms with Gasteiger partial charge in [-0.25, -0.2) is 4.79 Å². The SMILES string of the molecule is CCOC(=O)NC1CCCN(C(=O)C(N)CC)C1. The van der Waals surface area contributed by atoms with Crippen molar-refractivity contribution in [1.29, 1.82) is 0 Å². The fraction of sp³-hybridized carbons (Fsp3) is 0.833. The molecule has 0 spiro atoms. The van der Waals surface area contributed by atoms with Crippen molar-refractivity contribution in [3.63, 3.8) is 0 Å². The van der Waals surface area contributed by atoms with E-state index in [0.717, 1.165) is 12.8 Å². The van der Waals surface area contributed by atoms with Crippen LogP contribution in [-0.4, -0.2) is 48.7 Å². The van der Waals surface area contributed by atoms with Crippen LogP contribution in [-0.2, 0) is 9.53 Å². The summed E-state index contributed by atoms with van der Waals surface area (Å²) in [5.41, 5.74) is 5.74.